The fraction of sp³-hybridized carbons (Fsp3) is 0.154. The Morgan fingerprint density at radius 3 is 2.71 bits per heavy atom. The summed E-state index contributed by atoms with van der Waals surface area (Å²) < 4.78 is 10.8. The van der Waals surface area contributed by atoms with Gasteiger partial charge in [0.15, 0.2) is 6.61 Å². The zero-order chi connectivity index (χ0) is 24.4. The van der Waals surface area contributed by atoms with E-state index in [0.717, 1.165) is 22.0 Å². The Balaban J connectivity index is 1.42. The van der Waals surface area contributed by atoms with E-state index >= 15 is 0 Å². The molecule has 0 aliphatic carbocycles. The third-order valence-corrected chi connectivity index (χ3v) is 6.51. The molecule has 0 radical (unpaired) electrons. The molecule has 0 spiro atoms. The van der Waals surface area contributed by atoms with Gasteiger partial charge in [0, 0.05) is 22.8 Å². The largest absolute Gasteiger partial charge is 0.497 e. The van der Waals surface area contributed by atoms with Crippen molar-refractivity contribution in [3.63, 3.8) is 0 Å². The van der Waals surface area contributed by atoms with Gasteiger partial charge in [-0.1, -0.05) is 6.07 Å². The number of thiazole rings is 1. The van der Waals surface area contributed by atoms with Gasteiger partial charge in [0.25, 0.3) is 5.91 Å². The molecule has 1 aliphatic heterocycles. The molecule has 35 heavy (non-hydrogen) atoms. The summed E-state index contributed by atoms with van der Waals surface area (Å²) in [5.74, 6) is 0.624. The molecule has 0 bridgehead atoms. The maximum Gasteiger partial charge on any atom is 0.265 e. The van der Waals surface area contributed by atoms with E-state index in [1.165, 1.54) is 16.2 Å². The number of nitrogens with one attached hydrogen (secondary N) is 1. The van der Waals surface area contributed by atoms with E-state index in [4.69, 9.17) is 14.5 Å². The van der Waals surface area contributed by atoms with Crippen molar-refractivity contribution >= 4 is 34.5 Å². The number of ether oxygens (including phenoxy) is 2. The Labute approximate surface area is 206 Å². The van der Waals surface area contributed by atoms with Crippen molar-refractivity contribution in [3.8, 4) is 33.5 Å². The molecule has 3 heterocycles. The van der Waals surface area contributed by atoms with Crippen LogP contribution in [0.3, 0.4) is 0 Å². The highest BCUT2D eigenvalue weighted by molar-refractivity contribution is 7.13. The number of rotatable bonds is 6. The number of fused-ring (bicyclic) bond motifs is 1. The smallest absolute Gasteiger partial charge is 0.265 e. The molecule has 2 amide bonds. The molecule has 0 fully saturated rings. The zero-order valence-corrected chi connectivity index (χ0v) is 19.9. The number of pyridine rings is 1. The van der Waals surface area contributed by atoms with E-state index in [-0.39, 0.29) is 18.4 Å². The molecule has 1 atom stereocenters. The van der Waals surface area contributed by atoms with Crippen LogP contribution in [0, 0.1) is 0 Å². The summed E-state index contributed by atoms with van der Waals surface area (Å²) in [7, 11) is 1.58. The lowest BCUT2D eigenvalue weighted by Gasteiger charge is -2.33. The normalized spacial score (nSPS) is 13.5. The number of nitrogens with zero attached hydrogens (tertiary/aromatic N) is 3. The van der Waals surface area contributed by atoms with E-state index in [2.05, 4.69) is 10.3 Å². The number of carbonyl (C=O) groups is 2. The van der Waals surface area contributed by atoms with E-state index < -0.39 is 6.04 Å². The number of hydrogen-bond acceptors (Lipinski definition) is 7. The first kappa shape index (κ1) is 22.5. The van der Waals surface area contributed by atoms with Crippen molar-refractivity contribution < 1.29 is 19.1 Å². The molecule has 2 aromatic carbocycles. The molecule has 0 saturated heterocycles. The predicted octanol–water partition coefficient (Wildman–Crippen LogP) is 4.63. The van der Waals surface area contributed by atoms with Gasteiger partial charge in [-0.2, -0.15) is 0 Å². The van der Waals surface area contributed by atoms with Crippen molar-refractivity contribution in [2.45, 2.75) is 13.0 Å². The number of benzene rings is 2. The average molecular weight is 487 g/mol. The van der Waals surface area contributed by atoms with Crippen LogP contribution < -0.4 is 19.7 Å². The molecule has 5 rings (SSSR count). The average Bonchev–Trinajstić information content (AvgIpc) is 3.39. The van der Waals surface area contributed by atoms with Crippen molar-refractivity contribution in [3.05, 3.63) is 72.2 Å². The van der Waals surface area contributed by atoms with Crippen LogP contribution in [-0.4, -0.2) is 41.5 Å². The second kappa shape index (κ2) is 9.55. The van der Waals surface area contributed by atoms with Crippen LogP contribution in [0.2, 0.25) is 0 Å². The van der Waals surface area contributed by atoms with Crippen LogP contribution in [0.4, 0.5) is 11.4 Å². The Kier molecular flexibility index (Phi) is 6.15. The monoisotopic (exact) mass is 486 g/mol. The van der Waals surface area contributed by atoms with Gasteiger partial charge >= 0.3 is 0 Å². The summed E-state index contributed by atoms with van der Waals surface area (Å²) in [6.45, 7) is 1.56. The van der Waals surface area contributed by atoms with Gasteiger partial charge in [0.05, 0.1) is 24.2 Å². The fourth-order valence-electron chi connectivity index (χ4n) is 3.81. The second-order valence-electron chi connectivity index (χ2n) is 7.88. The van der Waals surface area contributed by atoms with E-state index in [1.54, 1.807) is 50.6 Å². The number of anilines is 2. The Bertz CT molecular complexity index is 1370. The van der Waals surface area contributed by atoms with E-state index in [1.807, 2.05) is 35.7 Å². The highest BCUT2D eigenvalue weighted by Gasteiger charge is 2.33. The first-order chi connectivity index (χ1) is 17.0. The lowest BCUT2D eigenvalue weighted by Crippen LogP contribution is -2.49. The molecule has 1 unspecified atom stereocenters. The van der Waals surface area contributed by atoms with E-state index in [0.29, 0.717) is 22.9 Å². The minimum absolute atomic E-state index is 0.132. The van der Waals surface area contributed by atoms with Crippen molar-refractivity contribution in [2.24, 2.45) is 0 Å². The molecule has 0 saturated carbocycles. The Hall–Kier alpha value is -4.24. The number of hydrogen-bond donors (Lipinski definition) is 1. The molecular weight excluding hydrogens is 464 g/mol. The third-order valence-electron chi connectivity index (χ3n) is 5.65. The molecule has 4 aromatic rings. The highest BCUT2D eigenvalue weighted by atomic mass is 32.1. The van der Waals surface area contributed by atoms with Crippen molar-refractivity contribution in [1.29, 1.82) is 0 Å². The third kappa shape index (κ3) is 4.58. The summed E-state index contributed by atoms with van der Waals surface area (Å²) in [6.07, 6.45) is 1.73. The number of methoxy groups -OCH3 is 1. The number of carbonyl (C=O) groups excluding carboxylic acids is 2. The first-order valence-electron chi connectivity index (χ1n) is 10.9. The Morgan fingerprint density at radius 2 is 1.97 bits per heavy atom. The highest BCUT2D eigenvalue weighted by Crippen LogP contribution is 2.38. The summed E-state index contributed by atoms with van der Waals surface area (Å²) in [5, 5.41) is 5.61. The van der Waals surface area contributed by atoms with Gasteiger partial charge < -0.3 is 14.8 Å². The van der Waals surface area contributed by atoms with Crippen molar-refractivity contribution in [1.82, 2.24) is 9.97 Å². The molecule has 8 nitrogen and oxygen atoms in total. The van der Waals surface area contributed by atoms with Crippen molar-refractivity contribution in [2.75, 3.05) is 23.9 Å². The quantitative estimate of drug-likeness (QED) is 0.427. The topological polar surface area (TPSA) is 93.7 Å². The number of amides is 2. The van der Waals surface area contributed by atoms with Gasteiger partial charge in [-0.15, -0.1) is 11.3 Å². The molecule has 1 N–H and O–H groups in total. The fourth-order valence-corrected chi connectivity index (χ4v) is 4.61. The maximum absolute atomic E-state index is 13.0. The van der Waals surface area contributed by atoms with Crippen LogP contribution >= 0.6 is 11.3 Å². The van der Waals surface area contributed by atoms with Gasteiger partial charge in [-0.05, 0) is 61.5 Å². The maximum atomic E-state index is 13.0. The lowest BCUT2D eigenvalue weighted by atomic mass is 10.1. The standard InChI is InChI=1S/C26H22N4O4S/c1-16(25(32)28-18-7-9-19(33-2)10-8-18)30-22-13-17(6-11-23(22)34-14-24(30)31)21-15-35-26(29-21)20-5-3-4-12-27-20/h3-13,15-16H,14H2,1-2H3,(H,28,32). The van der Waals surface area contributed by atoms with Gasteiger partial charge in [0.1, 0.15) is 22.5 Å². The minimum Gasteiger partial charge on any atom is -0.497 e. The van der Waals surface area contributed by atoms with Gasteiger partial charge in [-0.25, -0.2) is 4.98 Å². The molecule has 9 heteroatoms. The molecule has 176 valence electrons. The van der Waals surface area contributed by atoms with Crippen LogP contribution in [0.15, 0.2) is 72.2 Å². The molecular formula is C26H22N4O4S. The predicted molar refractivity (Wildman–Crippen MR) is 135 cm³/mol. The lowest BCUT2D eigenvalue weighted by molar-refractivity contribution is -0.125. The second-order valence-corrected chi connectivity index (χ2v) is 8.74. The van der Waals surface area contributed by atoms with Gasteiger partial charge in [0.2, 0.25) is 5.91 Å². The summed E-state index contributed by atoms with van der Waals surface area (Å²) in [5.41, 5.74) is 3.51. The first-order valence-corrected chi connectivity index (χ1v) is 11.8. The molecule has 2 aromatic heterocycles. The minimum atomic E-state index is -0.762. The number of aromatic nitrogens is 2. The zero-order valence-electron chi connectivity index (χ0n) is 19.1. The Morgan fingerprint density at radius 1 is 1.14 bits per heavy atom. The summed E-state index contributed by atoms with van der Waals surface area (Å²) in [4.78, 5) is 36.5. The van der Waals surface area contributed by atoms with E-state index in [9.17, 15) is 9.59 Å². The van der Waals surface area contributed by atoms with Crippen LogP contribution in [0.1, 0.15) is 6.92 Å². The summed E-state index contributed by atoms with van der Waals surface area (Å²) in [6, 6.07) is 17.5. The molecule has 1 aliphatic rings. The van der Waals surface area contributed by atoms with Crippen LogP contribution in [0.5, 0.6) is 11.5 Å². The SMILES string of the molecule is COc1ccc(NC(=O)C(C)N2C(=O)COc3ccc(-c4csc(-c5ccccn5)n4)cc32)cc1. The van der Waals surface area contributed by atoms with Crippen LogP contribution in [-0.2, 0) is 9.59 Å². The van der Waals surface area contributed by atoms with Gasteiger partial charge in [-0.3, -0.25) is 19.5 Å². The summed E-state index contributed by atoms with van der Waals surface area (Å²) >= 11 is 1.49. The van der Waals surface area contributed by atoms with Crippen LogP contribution in [0.25, 0.3) is 22.0 Å².